The van der Waals surface area contributed by atoms with Crippen LogP contribution in [0.1, 0.15) is 6.42 Å². The van der Waals surface area contributed by atoms with Crippen molar-refractivity contribution in [3.63, 3.8) is 0 Å². The second-order valence-corrected chi connectivity index (χ2v) is 1.78. The highest BCUT2D eigenvalue weighted by Crippen LogP contribution is 1.85. The number of rotatable bonds is 3. The summed E-state index contributed by atoms with van der Waals surface area (Å²) in [4.78, 5) is 0. The van der Waals surface area contributed by atoms with Crippen LogP contribution in [0.3, 0.4) is 0 Å². The number of aromatic nitrogens is 2. The van der Waals surface area contributed by atoms with Crippen molar-refractivity contribution in [3.05, 3.63) is 18.5 Å². The molecule has 1 aromatic rings. The van der Waals surface area contributed by atoms with E-state index in [1.165, 1.54) is 0 Å². The molecule has 0 amide bonds. The molecule has 9 heavy (non-hydrogen) atoms. The summed E-state index contributed by atoms with van der Waals surface area (Å²) in [6.07, 6.45) is 4.13. The predicted molar refractivity (Wildman–Crippen MR) is 32.8 cm³/mol. The standard InChI is InChI=1S/C6H9N2O/c9-6-2-5-8-4-1-3-7-8/h3-4,9H,2,5-6H2. The fourth-order valence-electron chi connectivity index (χ4n) is 0.615. The minimum absolute atomic E-state index is 0.222. The van der Waals surface area contributed by atoms with Crippen molar-refractivity contribution in [1.82, 2.24) is 9.78 Å². The normalized spacial score (nSPS) is 9.89. The van der Waals surface area contributed by atoms with Crippen LogP contribution in [0.25, 0.3) is 0 Å². The molecule has 0 aliphatic heterocycles. The van der Waals surface area contributed by atoms with Crippen LogP contribution >= 0.6 is 0 Å². The van der Waals surface area contributed by atoms with E-state index < -0.39 is 0 Å². The van der Waals surface area contributed by atoms with Crippen LogP contribution < -0.4 is 0 Å². The van der Waals surface area contributed by atoms with E-state index in [2.05, 4.69) is 11.2 Å². The van der Waals surface area contributed by atoms with Crippen molar-refractivity contribution < 1.29 is 5.11 Å². The molecule has 0 saturated heterocycles. The van der Waals surface area contributed by atoms with Crippen molar-refractivity contribution in [2.45, 2.75) is 13.0 Å². The highest BCUT2D eigenvalue weighted by Gasteiger charge is 1.86. The van der Waals surface area contributed by atoms with E-state index in [-0.39, 0.29) is 6.61 Å². The monoisotopic (exact) mass is 125 g/mol. The summed E-state index contributed by atoms with van der Waals surface area (Å²) in [7, 11) is 0. The average molecular weight is 125 g/mol. The molecule has 0 aliphatic rings. The summed E-state index contributed by atoms with van der Waals surface area (Å²) in [5.74, 6) is 0. The number of hydrogen-bond donors (Lipinski definition) is 1. The molecule has 3 nitrogen and oxygen atoms in total. The van der Waals surface area contributed by atoms with Gasteiger partial charge in [-0.15, -0.1) is 0 Å². The molecule has 1 N–H and O–H groups in total. The van der Waals surface area contributed by atoms with Gasteiger partial charge in [0, 0.05) is 25.4 Å². The van der Waals surface area contributed by atoms with Crippen molar-refractivity contribution in [2.24, 2.45) is 0 Å². The third-order valence-corrected chi connectivity index (χ3v) is 1.05. The molecule has 49 valence electrons. The van der Waals surface area contributed by atoms with Crippen LogP contribution in [-0.2, 0) is 6.54 Å². The lowest BCUT2D eigenvalue weighted by Gasteiger charge is -1.95. The summed E-state index contributed by atoms with van der Waals surface area (Å²) < 4.78 is 1.75. The first kappa shape index (κ1) is 6.29. The van der Waals surface area contributed by atoms with Crippen LogP contribution in [0, 0.1) is 6.07 Å². The highest BCUT2D eigenvalue weighted by atomic mass is 16.3. The van der Waals surface area contributed by atoms with Crippen LogP contribution in [0.2, 0.25) is 0 Å². The van der Waals surface area contributed by atoms with Crippen molar-refractivity contribution in [3.8, 4) is 0 Å². The summed E-state index contributed by atoms with van der Waals surface area (Å²) in [6.45, 7) is 1.000. The summed E-state index contributed by atoms with van der Waals surface area (Å²) in [5.41, 5.74) is 0. The van der Waals surface area contributed by atoms with Crippen molar-refractivity contribution >= 4 is 0 Å². The molecule has 0 saturated carbocycles. The number of aliphatic hydroxyl groups is 1. The Morgan fingerprint density at radius 1 is 1.67 bits per heavy atom. The molecular weight excluding hydrogens is 116 g/mol. The van der Waals surface area contributed by atoms with Gasteiger partial charge in [0.05, 0.1) is 6.20 Å². The maximum atomic E-state index is 8.41. The van der Waals surface area contributed by atoms with E-state index >= 15 is 0 Å². The van der Waals surface area contributed by atoms with E-state index in [1.807, 2.05) is 0 Å². The molecular formula is C6H9N2O. The summed E-state index contributed by atoms with van der Waals surface area (Å²) in [5, 5.41) is 12.3. The van der Waals surface area contributed by atoms with Gasteiger partial charge in [-0.05, 0) is 6.42 Å². The van der Waals surface area contributed by atoms with E-state index in [0.29, 0.717) is 0 Å². The van der Waals surface area contributed by atoms with E-state index in [1.54, 1.807) is 17.1 Å². The Kier molecular flexibility index (Phi) is 2.27. The Balaban J connectivity index is 2.30. The Bertz CT molecular complexity index is 148. The smallest absolute Gasteiger partial charge is 0.0569 e. The molecule has 0 atom stereocenters. The molecule has 0 aliphatic carbocycles. The van der Waals surface area contributed by atoms with Gasteiger partial charge >= 0.3 is 0 Å². The van der Waals surface area contributed by atoms with E-state index in [9.17, 15) is 0 Å². The van der Waals surface area contributed by atoms with E-state index in [4.69, 9.17) is 5.11 Å². The average Bonchev–Trinajstić information content (AvgIpc) is 2.34. The zero-order chi connectivity index (χ0) is 6.53. The Morgan fingerprint density at radius 2 is 2.56 bits per heavy atom. The molecule has 0 bridgehead atoms. The first-order valence-electron chi connectivity index (χ1n) is 2.93. The largest absolute Gasteiger partial charge is 0.396 e. The van der Waals surface area contributed by atoms with Gasteiger partial charge in [0.25, 0.3) is 0 Å². The molecule has 3 heteroatoms. The molecule has 1 aromatic heterocycles. The number of nitrogens with zero attached hydrogens (tertiary/aromatic N) is 2. The van der Waals surface area contributed by atoms with Gasteiger partial charge in [0.1, 0.15) is 0 Å². The van der Waals surface area contributed by atoms with Crippen molar-refractivity contribution in [1.29, 1.82) is 0 Å². The highest BCUT2D eigenvalue weighted by molar-refractivity contribution is 4.74. The van der Waals surface area contributed by atoms with Crippen LogP contribution in [0.5, 0.6) is 0 Å². The SMILES string of the molecule is OCCCn1c[c]cn1. The van der Waals surface area contributed by atoms with Gasteiger partial charge < -0.3 is 5.11 Å². The van der Waals surface area contributed by atoms with Gasteiger partial charge in [0.2, 0.25) is 0 Å². The van der Waals surface area contributed by atoms with Crippen LogP contribution in [0.4, 0.5) is 0 Å². The summed E-state index contributed by atoms with van der Waals surface area (Å²) in [6, 6.07) is 2.81. The third-order valence-electron chi connectivity index (χ3n) is 1.05. The molecule has 0 aromatic carbocycles. The fraction of sp³-hybridized carbons (Fsp3) is 0.500. The molecule has 0 unspecified atom stereocenters. The van der Waals surface area contributed by atoms with Gasteiger partial charge in [-0.2, -0.15) is 5.10 Å². The number of aliphatic hydroxyl groups excluding tert-OH is 1. The molecule has 1 radical (unpaired) electrons. The maximum Gasteiger partial charge on any atom is 0.0569 e. The molecule has 0 fully saturated rings. The minimum Gasteiger partial charge on any atom is -0.396 e. The minimum atomic E-state index is 0.222. The van der Waals surface area contributed by atoms with Gasteiger partial charge in [0.15, 0.2) is 0 Å². The summed E-state index contributed by atoms with van der Waals surface area (Å²) >= 11 is 0. The van der Waals surface area contributed by atoms with Crippen LogP contribution in [0.15, 0.2) is 12.4 Å². The lowest BCUT2D eigenvalue weighted by Crippen LogP contribution is -1.99. The van der Waals surface area contributed by atoms with E-state index in [0.717, 1.165) is 13.0 Å². The second kappa shape index (κ2) is 3.25. The Labute approximate surface area is 53.9 Å². The van der Waals surface area contributed by atoms with Crippen molar-refractivity contribution in [2.75, 3.05) is 6.61 Å². The maximum absolute atomic E-state index is 8.41. The first-order chi connectivity index (χ1) is 4.43. The number of hydrogen-bond acceptors (Lipinski definition) is 2. The first-order valence-corrected chi connectivity index (χ1v) is 2.93. The van der Waals surface area contributed by atoms with Crippen LogP contribution in [-0.4, -0.2) is 21.5 Å². The van der Waals surface area contributed by atoms with Gasteiger partial charge in [-0.1, -0.05) is 0 Å². The topological polar surface area (TPSA) is 38.0 Å². The van der Waals surface area contributed by atoms with Gasteiger partial charge in [-0.25, -0.2) is 0 Å². The quantitative estimate of drug-likeness (QED) is 0.620. The predicted octanol–water partition coefficient (Wildman–Crippen LogP) is 0.0657. The zero-order valence-electron chi connectivity index (χ0n) is 5.12. The Hall–Kier alpha value is -0.830. The van der Waals surface area contributed by atoms with Gasteiger partial charge in [-0.3, -0.25) is 4.68 Å². The molecule has 1 heterocycles. The Morgan fingerprint density at radius 3 is 3.11 bits per heavy atom. The number of aryl methyl sites for hydroxylation is 1. The fourth-order valence-corrected chi connectivity index (χ4v) is 0.615. The zero-order valence-corrected chi connectivity index (χ0v) is 5.12. The third kappa shape index (κ3) is 1.85. The molecule has 0 spiro atoms. The lowest BCUT2D eigenvalue weighted by molar-refractivity contribution is 0.277. The molecule has 1 rings (SSSR count). The second-order valence-electron chi connectivity index (χ2n) is 1.78. The lowest BCUT2D eigenvalue weighted by atomic mass is 10.5.